The Kier molecular flexibility index (Phi) is 6.16. The minimum Gasteiger partial charge on any atom is -0.481 e. The highest BCUT2D eigenvalue weighted by molar-refractivity contribution is 6.06. The van der Waals surface area contributed by atoms with Crippen molar-refractivity contribution < 1.29 is 19.5 Å². The number of hydrogen-bond donors (Lipinski definition) is 3. The van der Waals surface area contributed by atoms with Gasteiger partial charge in [-0.2, -0.15) is 0 Å². The zero-order chi connectivity index (χ0) is 21.0. The van der Waals surface area contributed by atoms with Gasteiger partial charge in [0.25, 0.3) is 0 Å². The fourth-order valence-electron chi connectivity index (χ4n) is 3.47. The molecule has 0 saturated heterocycles. The van der Waals surface area contributed by atoms with Gasteiger partial charge < -0.3 is 20.6 Å². The largest absolute Gasteiger partial charge is 0.481 e. The van der Waals surface area contributed by atoms with Gasteiger partial charge in [-0.15, -0.1) is 0 Å². The summed E-state index contributed by atoms with van der Waals surface area (Å²) in [6, 6.07) is 14.4. The van der Waals surface area contributed by atoms with E-state index >= 15 is 0 Å². The first-order valence-electron chi connectivity index (χ1n) is 9.63. The molecule has 0 spiro atoms. The summed E-state index contributed by atoms with van der Waals surface area (Å²) in [4.78, 5) is 38.1. The lowest BCUT2D eigenvalue weighted by Gasteiger charge is -2.25. The van der Waals surface area contributed by atoms with Gasteiger partial charge in [0, 0.05) is 17.4 Å². The molecule has 3 N–H and O–H groups in total. The van der Waals surface area contributed by atoms with Crippen LogP contribution >= 0.6 is 0 Å². The van der Waals surface area contributed by atoms with Gasteiger partial charge >= 0.3 is 12.0 Å². The molecule has 0 aliphatic carbocycles. The number of anilines is 2. The van der Waals surface area contributed by atoms with E-state index in [0.29, 0.717) is 12.1 Å². The molecule has 1 unspecified atom stereocenters. The normalized spacial score (nSPS) is 16.2. The average molecular weight is 395 g/mol. The third kappa shape index (κ3) is 4.93. The molecular weight excluding hydrogens is 370 g/mol. The van der Waals surface area contributed by atoms with Crippen LogP contribution in [0.1, 0.15) is 31.4 Å². The molecule has 0 aromatic heterocycles. The standard InChI is InChI=1S/C22H25N3O4/c1-14(2)23-22(29)24-17-8-5-6-15(12-17)13-25-19-9-4-3-7-16(19)10-11-18(20(25)26)21(27)28/h3-9,12,14,18H,10-11,13H2,1-2H3,(H,27,28)(H2,23,24,29). The molecule has 0 bridgehead atoms. The van der Waals surface area contributed by atoms with Crippen molar-refractivity contribution >= 4 is 29.3 Å². The van der Waals surface area contributed by atoms with Crippen LogP contribution in [0.4, 0.5) is 16.2 Å². The molecule has 7 nitrogen and oxygen atoms in total. The SMILES string of the molecule is CC(C)NC(=O)Nc1cccc(CN2C(=O)C(C(=O)O)CCc3ccccc32)c1. The van der Waals surface area contributed by atoms with Crippen LogP contribution in [0.25, 0.3) is 0 Å². The molecule has 7 heteroatoms. The number of fused-ring (bicyclic) bond motifs is 1. The molecule has 0 saturated carbocycles. The van der Waals surface area contributed by atoms with Crippen molar-refractivity contribution in [2.24, 2.45) is 5.92 Å². The van der Waals surface area contributed by atoms with Crippen LogP contribution in [0, 0.1) is 5.92 Å². The smallest absolute Gasteiger partial charge is 0.319 e. The monoisotopic (exact) mass is 395 g/mol. The molecule has 29 heavy (non-hydrogen) atoms. The Balaban J connectivity index is 1.87. The number of aryl methyl sites for hydroxylation is 1. The summed E-state index contributed by atoms with van der Waals surface area (Å²) in [5.74, 6) is -2.59. The maximum absolute atomic E-state index is 13.0. The molecule has 3 rings (SSSR count). The number of benzene rings is 2. The summed E-state index contributed by atoms with van der Waals surface area (Å²) in [5, 5.41) is 15.0. The van der Waals surface area contributed by atoms with Gasteiger partial charge in [0.2, 0.25) is 5.91 Å². The van der Waals surface area contributed by atoms with E-state index in [9.17, 15) is 19.5 Å². The second kappa shape index (κ2) is 8.77. The summed E-state index contributed by atoms with van der Waals surface area (Å²) < 4.78 is 0. The van der Waals surface area contributed by atoms with Crippen LogP contribution in [0.3, 0.4) is 0 Å². The van der Waals surface area contributed by atoms with Crippen molar-refractivity contribution in [2.75, 3.05) is 10.2 Å². The second-order valence-corrected chi connectivity index (χ2v) is 7.44. The van der Waals surface area contributed by atoms with Crippen LogP contribution in [0.5, 0.6) is 0 Å². The predicted octanol–water partition coefficient (Wildman–Crippen LogP) is 3.40. The molecule has 0 radical (unpaired) electrons. The predicted molar refractivity (Wildman–Crippen MR) is 111 cm³/mol. The van der Waals surface area contributed by atoms with E-state index < -0.39 is 17.8 Å². The first kappa shape index (κ1) is 20.4. The first-order chi connectivity index (χ1) is 13.8. The van der Waals surface area contributed by atoms with Gasteiger partial charge in [-0.3, -0.25) is 9.59 Å². The number of carbonyl (C=O) groups excluding carboxylic acids is 2. The minimum absolute atomic E-state index is 0.0114. The van der Waals surface area contributed by atoms with E-state index in [1.807, 2.05) is 44.2 Å². The zero-order valence-electron chi connectivity index (χ0n) is 16.5. The van der Waals surface area contributed by atoms with E-state index in [-0.39, 0.29) is 25.0 Å². The Morgan fingerprint density at radius 2 is 1.93 bits per heavy atom. The number of rotatable bonds is 5. The van der Waals surface area contributed by atoms with E-state index in [2.05, 4.69) is 10.6 Å². The number of nitrogens with zero attached hydrogens (tertiary/aromatic N) is 1. The van der Waals surface area contributed by atoms with Crippen molar-refractivity contribution in [1.29, 1.82) is 0 Å². The number of carbonyl (C=O) groups is 3. The lowest BCUT2D eigenvalue weighted by Crippen LogP contribution is -2.38. The number of aliphatic carboxylic acids is 1. The highest BCUT2D eigenvalue weighted by Crippen LogP contribution is 2.31. The number of amides is 3. The zero-order valence-corrected chi connectivity index (χ0v) is 16.5. The Labute approximate surface area is 169 Å². The third-order valence-electron chi connectivity index (χ3n) is 4.79. The van der Waals surface area contributed by atoms with Crippen LogP contribution in [0.15, 0.2) is 48.5 Å². The lowest BCUT2D eigenvalue weighted by molar-refractivity contribution is -0.146. The van der Waals surface area contributed by atoms with Crippen LogP contribution in [-0.2, 0) is 22.6 Å². The lowest BCUT2D eigenvalue weighted by atomic mass is 10.0. The minimum atomic E-state index is -1.10. The topological polar surface area (TPSA) is 98.7 Å². The summed E-state index contributed by atoms with van der Waals surface area (Å²) in [6.07, 6.45) is 0.811. The Bertz CT molecular complexity index is 926. The number of para-hydroxylation sites is 1. The fourth-order valence-corrected chi connectivity index (χ4v) is 3.47. The molecule has 1 atom stereocenters. The van der Waals surface area contributed by atoms with Crippen molar-refractivity contribution in [1.82, 2.24) is 5.32 Å². The Morgan fingerprint density at radius 3 is 2.66 bits per heavy atom. The Hall–Kier alpha value is -3.35. The Morgan fingerprint density at radius 1 is 1.17 bits per heavy atom. The molecule has 1 aliphatic heterocycles. The summed E-state index contributed by atoms with van der Waals surface area (Å²) in [7, 11) is 0. The highest BCUT2D eigenvalue weighted by Gasteiger charge is 2.34. The van der Waals surface area contributed by atoms with Crippen LogP contribution < -0.4 is 15.5 Å². The second-order valence-electron chi connectivity index (χ2n) is 7.44. The molecular formula is C22H25N3O4. The molecule has 2 aromatic rings. The highest BCUT2D eigenvalue weighted by atomic mass is 16.4. The van der Waals surface area contributed by atoms with Gasteiger partial charge in [-0.05, 0) is 56.0 Å². The fraction of sp³-hybridized carbons (Fsp3) is 0.318. The molecule has 1 heterocycles. The molecule has 152 valence electrons. The third-order valence-corrected chi connectivity index (χ3v) is 4.79. The van der Waals surface area contributed by atoms with Crippen molar-refractivity contribution in [3.63, 3.8) is 0 Å². The molecule has 3 amide bonds. The van der Waals surface area contributed by atoms with Crippen LogP contribution in [-0.4, -0.2) is 29.1 Å². The van der Waals surface area contributed by atoms with E-state index in [0.717, 1.165) is 16.8 Å². The van der Waals surface area contributed by atoms with Gasteiger partial charge in [-0.1, -0.05) is 30.3 Å². The maximum Gasteiger partial charge on any atom is 0.319 e. The summed E-state index contributed by atoms with van der Waals surface area (Å²) >= 11 is 0. The quantitative estimate of drug-likeness (QED) is 0.676. The number of carboxylic acids is 1. The van der Waals surface area contributed by atoms with Crippen molar-refractivity contribution in [2.45, 2.75) is 39.3 Å². The number of urea groups is 1. The average Bonchev–Trinajstić information content (AvgIpc) is 2.79. The van der Waals surface area contributed by atoms with Crippen molar-refractivity contribution in [3.05, 3.63) is 59.7 Å². The number of nitrogens with one attached hydrogen (secondary N) is 2. The van der Waals surface area contributed by atoms with E-state index in [1.165, 1.54) is 4.90 Å². The molecule has 2 aromatic carbocycles. The summed E-state index contributed by atoms with van der Waals surface area (Å²) in [5.41, 5.74) is 3.08. The maximum atomic E-state index is 13.0. The van der Waals surface area contributed by atoms with Gasteiger partial charge in [-0.25, -0.2) is 4.79 Å². The number of carboxylic acid groups (broad SMARTS) is 1. The van der Waals surface area contributed by atoms with E-state index in [1.54, 1.807) is 18.2 Å². The molecule has 1 aliphatic rings. The number of hydrogen-bond acceptors (Lipinski definition) is 3. The van der Waals surface area contributed by atoms with Gasteiger partial charge in [0.1, 0.15) is 5.92 Å². The van der Waals surface area contributed by atoms with E-state index in [4.69, 9.17) is 0 Å². The van der Waals surface area contributed by atoms with Gasteiger partial charge in [0.05, 0.1) is 6.54 Å². The van der Waals surface area contributed by atoms with Gasteiger partial charge in [0.15, 0.2) is 0 Å². The first-order valence-corrected chi connectivity index (χ1v) is 9.63. The molecule has 0 fully saturated rings. The summed E-state index contributed by atoms with van der Waals surface area (Å²) in [6.45, 7) is 3.97. The van der Waals surface area contributed by atoms with Crippen LogP contribution in [0.2, 0.25) is 0 Å². The van der Waals surface area contributed by atoms with Crippen molar-refractivity contribution in [3.8, 4) is 0 Å².